The third-order valence-electron chi connectivity index (χ3n) is 3.53. The average Bonchev–Trinajstić information content (AvgIpc) is 2.68. The van der Waals surface area contributed by atoms with E-state index in [9.17, 15) is 9.59 Å². The number of aromatic nitrogens is 2. The standard InChI is InChI=1S/C19H15N3O3/c1-25-19(24)14-7-9-15(10-8-14)20-18(23)17-12-11-16(21-22-17)13-5-3-2-4-6-13/h2-12H,1H3,(H,20,23). The molecule has 6 nitrogen and oxygen atoms in total. The van der Waals surface area contributed by atoms with E-state index in [1.165, 1.54) is 7.11 Å². The summed E-state index contributed by atoms with van der Waals surface area (Å²) in [6, 6.07) is 19.4. The van der Waals surface area contributed by atoms with Crippen molar-refractivity contribution < 1.29 is 14.3 Å². The van der Waals surface area contributed by atoms with Crippen LogP contribution in [0.25, 0.3) is 11.3 Å². The summed E-state index contributed by atoms with van der Waals surface area (Å²) in [5.41, 5.74) is 2.79. The molecular formula is C19H15N3O3. The first-order valence-electron chi connectivity index (χ1n) is 7.56. The zero-order valence-electron chi connectivity index (χ0n) is 13.5. The van der Waals surface area contributed by atoms with Crippen LogP contribution in [0.4, 0.5) is 5.69 Å². The van der Waals surface area contributed by atoms with Crippen LogP contribution in [0.3, 0.4) is 0 Å². The fourth-order valence-electron chi connectivity index (χ4n) is 2.22. The maximum Gasteiger partial charge on any atom is 0.337 e. The highest BCUT2D eigenvalue weighted by Crippen LogP contribution is 2.16. The Balaban J connectivity index is 1.70. The summed E-state index contributed by atoms with van der Waals surface area (Å²) >= 11 is 0. The third-order valence-corrected chi connectivity index (χ3v) is 3.53. The van der Waals surface area contributed by atoms with E-state index < -0.39 is 5.97 Å². The van der Waals surface area contributed by atoms with Gasteiger partial charge >= 0.3 is 5.97 Å². The van der Waals surface area contributed by atoms with Crippen LogP contribution >= 0.6 is 0 Å². The van der Waals surface area contributed by atoms with E-state index in [1.54, 1.807) is 36.4 Å². The molecule has 0 unspecified atom stereocenters. The molecule has 0 saturated heterocycles. The Kier molecular flexibility index (Phi) is 4.80. The minimum Gasteiger partial charge on any atom is -0.465 e. The zero-order chi connectivity index (χ0) is 17.6. The molecule has 1 N–H and O–H groups in total. The molecule has 0 fully saturated rings. The lowest BCUT2D eigenvalue weighted by atomic mass is 10.1. The molecule has 0 aliphatic rings. The van der Waals surface area contributed by atoms with Crippen LogP contribution in [0, 0.1) is 0 Å². The van der Waals surface area contributed by atoms with E-state index in [2.05, 4.69) is 20.3 Å². The van der Waals surface area contributed by atoms with E-state index in [1.807, 2.05) is 30.3 Å². The second-order valence-electron chi connectivity index (χ2n) is 5.19. The molecule has 3 rings (SSSR count). The molecule has 0 saturated carbocycles. The lowest BCUT2D eigenvalue weighted by molar-refractivity contribution is 0.0600. The molecule has 25 heavy (non-hydrogen) atoms. The predicted molar refractivity (Wildman–Crippen MR) is 93.2 cm³/mol. The van der Waals surface area contributed by atoms with Gasteiger partial charge in [0.15, 0.2) is 5.69 Å². The second-order valence-corrected chi connectivity index (χ2v) is 5.19. The van der Waals surface area contributed by atoms with Crippen LogP contribution < -0.4 is 5.32 Å². The van der Waals surface area contributed by atoms with Gasteiger partial charge in [-0.05, 0) is 36.4 Å². The van der Waals surface area contributed by atoms with Crippen molar-refractivity contribution in [2.45, 2.75) is 0 Å². The summed E-state index contributed by atoms with van der Waals surface area (Å²) in [6.45, 7) is 0. The molecule has 2 aromatic carbocycles. The highest BCUT2D eigenvalue weighted by atomic mass is 16.5. The number of carbonyl (C=O) groups is 2. The number of nitrogens with one attached hydrogen (secondary N) is 1. The molecule has 1 aromatic heterocycles. The molecule has 3 aromatic rings. The smallest absolute Gasteiger partial charge is 0.337 e. The number of hydrogen-bond donors (Lipinski definition) is 1. The zero-order valence-corrected chi connectivity index (χ0v) is 13.5. The van der Waals surface area contributed by atoms with E-state index in [0.29, 0.717) is 16.9 Å². The van der Waals surface area contributed by atoms with Gasteiger partial charge in [0.05, 0.1) is 18.4 Å². The highest BCUT2D eigenvalue weighted by molar-refractivity contribution is 6.03. The van der Waals surface area contributed by atoms with Crippen molar-refractivity contribution in [3.63, 3.8) is 0 Å². The number of anilines is 1. The Labute approximate surface area is 144 Å². The van der Waals surface area contributed by atoms with Gasteiger partial charge < -0.3 is 10.1 Å². The van der Waals surface area contributed by atoms with E-state index in [4.69, 9.17) is 0 Å². The normalized spacial score (nSPS) is 10.1. The van der Waals surface area contributed by atoms with Gasteiger partial charge in [-0.2, -0.15) is 0 Å². The summed E-state index contributed by atoms with van der Waals surface area (Å²) in [4.78, 5) is 23.6. The first-order chi connectivity index (χ1) is 12.2. The number of benzene rings is 2. The summed E-state index contributed by atoms with van der Waals surface area (Å²) in [6.07, 6.45) is 0. The maximum absolute atomic E-state index is 12.2. The molecule has 0 bridgehead atoms. The molecule has 0 aliphatic carbocycles. The fraction of sp³-hybridized carbons (Fsp3) is 0.0526. The molecule has 0 atom stereocenters. The van der Waals surface area contributed by atoms with Crippen molar-refractivity contribution in [1.82, 2.24) is 10.2 Å². The predicted octanol–water partition coefficient (Wildman–Crippen LogP) is 3.18. The lowest BCUT2D eigenvalue weighted by Crippen LogP contribution is -2.14. The number of carbonyl (C=O) groups excluding carboxylic acids is 2. The quantitative estimate of drug-likeness (QED) is 0.742. The number of methoxy groups -OCH3 is 1. The Morgan fingerprint density at radius 2 is 1.60 bits per heavy atom. The summed E-state index contributed by atoms with van der Waals surface area (Å²) in [7, 11) is 1.32. The van der Waals surface area contributed by atoms with Crippen molar-refractivity contribution in [2.24, 2.45) is 0 Å². The van der Waals surface area contributed by atoms with Gasteiger partial charge in [0.25, 0.3) is 5.91 Å². The monoisotopic (exact) mass is 333 g/mol. The number of hydrogen-bond acceptors (Lipinski definition) is 5. The van der Waals surface area contributed by atoms with E-state index >= 15 is 0 Å². The van der Waals surface area contributed by atoms with Crippen molar-refractivity contribution in [3.8, 4) is 11.3 Å². The molecule has 0 aliphatic heterocycles. The topological polar surface area (TPSA) is 81.2 Å². The fourth-order valence-corrected chi connectivity index (χ4v) is 2.22. The second kappa shape index (κ2) is 7.35. The van der Waals surface area contributed by atoms with Gasteiger partial charge in [-0.1, -0.05) is 30.3 Å². The minimum absolute atomic E-state index is 0.205. The molecular weight excluding hydrogens is 318 g/mol. The average molecular weight is 333 g/mol. The van der Waals surface area contributed by atoms with Crippen molar-refractivity contribution >= 4 is 17.6 Å². The Morgan fingerprint density at radius 1 is 0.880 bits per heavy atom. The summed E-state index contributed by atoms with van der Waals surface area (Å²) in [5, 5.41) is 10.8. The first-order valence-corrected chi connectivity index (χ1v) is 7.56. The number of rotatable bonds is 4. The highest BCUT2D eigenvalue weighted by Gasteiger charge is 2.10. The van der Waals surface area contributed by atoms with Crippen LogP contribution in [0.15, 0.2) is 66.7 Å². The van der Waals surface area contributed by atoms with Gasteiger partial charge in [0.2, 0.25) is 0 Å². The number of esters is 1. The Bertz CT molecular complexity index is 876. The van der Waals surface area contributed by atoms with Crippen LogP contribution in [-0.2, 0) is 4.74 Å². The van der Waals surface area contributed by atoms with Gasteiger partial charge in [-0.15, -0.1) is 10.2 Å². The summed E-state index contributed by atoms with van der Waals surface area (Å²) in [5.74, 6) is -0.807. The molecule has 124 valence electrons. The third kappa shape index (κ3) is 3.87. The largest absolute Gasteiger partial charge is 0.465 e. The van der Waals surface area contributed by atoms with Gasteiger partial charge in [0.1, 0.15) is 0 Å². The Hall–Kier alpha value is -3.54. The van der Waals surface area contributed by atoms with Crippen molar-refractivity contribution in [3.05, 3.63) is 78.0 Å². The molecule has 0 radical (unpaired) electrons. The lowest BCUT2D eigenvalue weighted by Gasteiger charge is -2.06. The van der Waals surface area contributed by atoms with Crippen molar-refractivity contribution in [2.75, 3.05) is 12.4 Å². The van der Waals surface area contributed by atoms with E-state index in [-0.39, 0.29) is 11.6 Å². The molecule has 6 heteroatoms. The molecule has 0 spiro atoms. The van der Waals surface area contributed by atoms with Gasteiger partial charge in [0, 0.05) is 11.3 Å². The number of ether oxygens (including phenoxy) is 1. The van der Waals surface area contributed by atoms with Crippen LogP contribution in [0.1, 0.15) is 20.8 Å². The summed E-state index contributed by atoms with van der Waals surface area (Å²) < 4.78 is 4.63. The van der Waals surface area contributed by atoms with Crippen LogP contribution in [0.2, 0.25) is 0 Å². The molecule has 1 amide bonds. The maximum atomic E-state index is 12.2. The van der Waals surface area contributed by atoms with Crippen LogP contribution in [-0.4, -0.2) is 29.2 Å². The van der Waals surface area contributed by atoms with Gasteiger partial charge in [-0.25, -0.2) is 4.79 Å². The van der Waals surface area contributed by atoms with E-state index in [0.717, 1.165) is 5.56 Å². The van der Waals surface area contributed by atoms with Crippen LogP contribution in [0.5, 0.6) is 0 Å². The number of nitrogens with zero attached hydrogens (tertiary/aromatic N) is 2. The SMILES string of the molecule is COC(=O)c1ccc(NC(=O)c2ccc(-c3ccccc3)nn2)cc1. The molecule has 1 heterocycles. The van der Waals surface area contributed by atoms with Gasteiger partial charge in [-0.3, -0.25) is 4.79 Å². The minimum atomic E-state index is -0.430. The van der Waals surface area contributed by atoms with Crippen molar-refractivity contribution in [1.29, 1.82) is 0 Å². The first kappa shape index (κ1) is 16.3. The Morgan fingerprint density at radius 3 is 2.20 bits per heavy atom. The number of amides is 1.